The summed E-state index contributed by atoms with van der Waals surface area (Å²) in [5.41, 5.74) is 2.45. The van der Waals surface area contributed by atoms with Crippen LogP contribution in [0.4, 0.5) is 0 Å². The third-order valence-electron chi connectivity index (χ3n) is 4.27. The van der Waals surface area contributed by atoms with Crippen molar-refractivity contribution in [3.8, 4) is 0 Å². The molecule has 0 aliphatic carbocycles. The van der Waals surface area contributed by atoms with Crippen LogP contribution in [0.1, 0.15) is 44.0 Å². The summed E-state index contributed by atoms with van der Waals surface area (Å²) in [7, 11) is 1.98. The summed E-state index contributed by atoms with van der Waals surface area (Å²) in [5, 5.41) is 8.02. The molecule has 1 N–H and O–H groups in total. The SMILES string of the molecule is Cc1nn(C)cc1C(C)NCCN1CCC(C)CC1. The molecular weight excluding hydrogens is 236 g/mol. The van der Waals surface area contributed by atoms with Crippen LogP contribution in [0.2, 0.25) is 0 Å². The Kier molecular flexibility index (Phi) is 4.99. The van der Waals surface area contributed by atoms with Crippen molar-refractivity contribution in [1.29, 1.82) is 0 Å². The normalized spacial score (nSPS) is 19.8. The van der Waals surface area contributed by atoms with Crippen LogP contribution in [0.3, 0.4) is 0 Å². The average Bonchev–Trinajstić information content (AvgIpc) is 2.71. The quantitative estimate of drug-likeness (QED) is 0.884. The largest absolute Gasteiger partial charge is 0.309 e. The van der Waals surface area contributed by atoms with Gasteiger partial charge in [0.1, 0.15) is 0 Å². The molecule has 4 heteroatoms. The van der Waals surface area contributed by atoms with Crippen molar-refractivity contribution in [2.45, 2.75) is 39.7 Å². The van der Waals surface area contributed by atoms with E-state index in [1.807, 2.05) is 11.7 Å². The summed E-state index contributed by atoms with van der Waals surface area (Å²) in [6.07, 6.45) is 4.84. The van der Waals surface area contributed by atoms with E-state index in [4.69, 9.17) is 0 Å². The third kappa shape index (κ3) is 4.05. The molecule has 0 amide bonds. The molecule has 1 fully saturated rings. The van der Waals surface area contributed by atoms with Crippen LogP contribution in [0, 0.1) is 12.8 Å². The van der Waals surface area contributed by atoms with Gasteiger partial charge < -0.3 is 10.2 Å². The van der Waals surface area contributed by atoms with Gasteiger partial charge in [0.05, 0.1) is 5.69 Å². The van der Waals surface area contributed by atoms with Crippen LogP contribution in [-0.2, 0) is 7.05 Å². The van der Waals surface area contributed by atoms with Gasteiger partial charge in [0.2, 0.25) is 0 Å². The summed E-state index contributed by atoms with van der Waals surface area (Å²) >= 11 is 0. The first-order valence-electron chi connectivity index (χ1n) is 7.52. The highest BCUT2D eigenvalue weighted by Gasteiger charge is 2.16. The first-order valence-corrected chi connectivity index (χ1v) is 7.52. The maximum Gasteiger partial charge on any atom is 0.0641 e. The van der Waals surface area contributed by atoms with Crippen LogP contribution in [0.25, 0.3) is 0 Å². The van der Waals surface area contributed by atoms with E-state index in [0.29, 0.717) is 6.04 Å². The smallest absolute Gasteiger partial charge is 0.0641 e. The number of rotatable bonds is 5. The lowest BCUT2D eigenvalue weighted by atomic mass is 9.99. The standard InChI is InChI=1S/C15H28N4/c1-12-5-8-19(9-6-12)10-7-16-13(2)15-11-18(4)17-14(15)3/h11-13,16H,5-10H2,1-4H3. The molecule has 2 heterocycles. The number of likely N-dealkylation sites (tertiary alicyclic amines) is 1. The molecule has 1 aliphatic rings. The topological polar surface area (TPSA) is 33.1 Å². The molecule has 1 unspecified atom stereocenters. The zero-order valence-corrected chi connectivity index (χ0v) is 12.8. The lowest BCUT2D eigenvalue weighted by Crippen LogP contribution is -2.38. The molecule has 0 bridgehead atoms. The van der Waals surface area contributed by atoms with Gasteiger partial charge in [-0.3, -0.25) is 4.68 Å². The Bertz CT molecular complexity index is 391. The summed E-state index contributed by atoms with van der Waals surface area (Å²) in [6, 6.07) is 0.386. The van der Waals surface area contributed by atoms with Crippen molar-refractivity contribution in [2.75, 3.05) is 26.2 Å². The number of aromatic nitrogens is 2. The zero-order chi connectivity index (χ0) is 13.8. The lowest BCUT2D eigenvalue weighted by molar-refractivity contribution is 0.191. The summed E-state index contributed by atoms with van der Waals surface area (Å²) in [5.74, 6) is 0.918. The minimum Gasteiger partial charge on any atom is -0.309 e. The summed E-state index contributed by atoms with van der Waals surface area (Å²) in [4.78, 5) is 2.58. The fourth-order valence-corrected chi connectivity index (χ4v) is 2.88. The molecular formula is C15H28N4. The fraction of sp³-hybridized carbons (Fsp3) is 0.800. The predicted octanol–water partition coefficient (Wildman–Crippen LogP) is 2.11. The average molecular weight is 264 g/mol. The molecule has 1 aromatic heterocycles. The Labute approximate surface area is 117 Å². The van der Waals surface area contributed by atoms with E-state index in [1.165, 1.54) is 31.5 Å². The zero-order valence-electron chi connectivity index (χ0n) is 12.8. The van der Waals surface area contributed by atoms with E-state index in [-0.39, 0.29) is 0 Å². The summed E-state index contributed by atoms with van der Waals surface area (Å²) in [6.45, 7) is 11.4. The van der Waals surface area contributed by atoms with E-state index in [0.717, 1.165) is 24.7 Å². The highest BCUT2D eigenvalue weighted by molar-refractivity contribution is 5.19. The minimum atomic E-state index is 0.386. The maximum atomic E-state index is 4.40. The first-order chi connectivity index (χ1) is 9.06. The number of nitrogens with one attached hydrogen (secondary N) is 1. The number of hydrogen-bond donors (Lipinski definition) is 1. The molecule has 108 valence electrons. The Morgan fingerprint density at radius 2 is 2.11 bits per heavy atom. The van der Waals surface area contributed by atoms with Gasteiger partial charge in [-0.25, -0.2) is 0 Å². The van der Waals surface area contributed by atoms with Crippen LogP contribution >= 0.6 is 0 Å². The van der Waals surface area contributed by atoms with Gasteiger partial charge in [-0.2, -0.15) is 5.10 Å². The third-order valence-corrected chi connectivity index (χ3v) is 4.27. The number of hydrogen-bond acceptors (Lipinski definition) is 3. The van der Waals surface area contributed by atoms with E-state index >= 15 is 0 Å². The van der Waals surface area contributed by atoms with Crippen molar-refractivity contribution >= 4 is 0 Å². The minimum absolute atomic E-state index is 0.386. The Hall–Kier alpha value is -0.870. The van der Waals surface area contributed by atoms with Gasteiger partial charge in [0.25, 0.3) is 0 Å². The van der Waals surface area contributed by atoms with Crippen molar-refractivity contribution < 1.29 is 0 Å². The Balaban J connectivity index is 1.72. The van der Waals surface area contributed by atoms with Gasteiger partial charge >= 0.3 is 0 Å². The van der Waals surface area contributed by atoms with Crippen LogP contribution in [0.15, 0.2) is 6.20 Å². The monoisotopic (exact) mass is 264 g/mol. The van der Waals surface area contributed by atoms with Gasteiger partial charge in [-0.1, -0.05) is 6.92 Å². The van der Waals surface area contributed by atoms with Crippen molar-refractivity contribution in [1.82, 2.24) is 20.0 Å². The van der Waals surface area contributed by atoms with Gasteiger partial charge in [0.15, 0.2) is 0 Å². The molecule has 0 aromatic carbocycles. The molecule has 1 saturated heterocycles. The fourth-order valence-electron chi connectivity index (χ4n) is 2.88. The Morgan fingerprint density at radius 1 is 1.42 bits per heavy atom. The van der Waals surface area contributed by atoms with Crippen LogP contribution in [-0.4, -0.2) is 40.9 Å². The first kappa shape index (κ1) is 14.5. The molecule has 1 aromatic rings. The van der Waals surface area contributed by atoms with Crippen LogP contribution < -0.4 is 5.32 Å². The second-order valence-corrected chi connectivity index (χ2v) is 6.04. The number of aryl methyl sites for hydroxylation is 2. The maximum absolute atomic E-state index is 4.40. The number of nitrogens with zero attached hydrogens (tertiary/aromatic N) is 3. The molecule has 0 saturated carbocycles. The molecule has 0 spiro atoms. The van der Waals surface area contributed by atoms with E-state index < -0.39 is 0 Å². The van der Waals surface area contributed by atoms with Crippen LogP contribution in [0.5, 0.6) is 0 Å². The highest BCUT2D eigenvalue weighted by Crippen LogP contribution is 2.17. The second kappa shape index (κ2) is 6.53. The molecule has 1 aliphatic heterocycles. The van der Waals surface area contributed by atoms with E-state index in [2.05, 4.69) is 42.3 Å². The van der Waals surface area contributed by atoms with E-state index in [9.17, 15) is 0 Å². The molecule has 19 heavy (non-hydrogen) atoms. The van der Waals surface area contributed by atoms with Crippen molar-refractivity contribution in [3.05, 3.63) is 17.5 Å². The van der Waals surface area contributed by atoms with E-state index in [1.54, 1.807) is 0 Å². The van der Waals surface area contributed by atoms with Crippen molar-refractivity contribution in [3.63, 3.8) is 0 Å². The summed E-state index contributed by atoms with van der Waals surface area (Å²) < 4.78 is 1.90. The molecule has 4 nitrogen and oxygen atoms in total. The lowest BCUT2D eigenvalue weighted by Gasteiger charge is -2.30. The molecule has 0 radical (unpaired) electrons. The molecule has 2 rings (SSSR count). The van der Waals surface area contributed by atoms with Gasteiger partial charge in [-0.05, 0) is 45.7 Å². The molecule has 1 atom stereocenters. The van der Waals surface area contributed by atoms with Gasteiger partial charge in [-0.15, -0.1) is 0 Å². The van der Waals surface area contributed by atoms with Gasteiger partial charge in [0, 0.05) is 37.9 Å². The highest BCUT2D eigenvalue weighted by atomic mass is 15.3. The predicted molar refractivity (Wildman–Crippen MR) is 79.2 cm³/mol. The van der Waals surface area contributed by atoms with Crippen molar-refractivity contribution in [2.24, 2.45) is 13.0 Å². The second-order valence-electron chi connectivity index (χ2n) is 6.04. The Morgan fingerprint density at radius 3 is 2.68 bits per heavy atom. The number of piperidine rings is 1.